The second-order valence-electron chi connectivity index (χ2n) is 9.54. The smallest absolute Gasteiger partial charge is 0.159 e. The molecule has 0 radical (unpaired) electrons. The summed E-state index contributed by atoms with van der Waals surface area (Å²) >= 11 is 0. The summed E-state index contributed by atoms with van der Waals surface area (Å²) in [4.78, 5) is 11.0. The van der Waals surface area contributed by atoms with E-state index < -0.39 is 0 Å². The van der Waals surface area contributed by atoms with Gasteiger partial charge in [-0.25, -0.2) is 4.98 Å². The molecule has 0 fully saturated rings. The Balaban J connectivity index is 1.31. The van der Waals surface area contributed by atoms with Crippen LogP contribution in [0.3, 0.4) is 0 Å². The van der Waals surface area contributed by atoms with Crippen LogP contribution in [0, 0.1) is 0 Å². The van der Waals surface area contributed by atoms with Crippen molar-refractivity contribution in [1.29, 1.82) is 0 Å². The van der Waals surface area contributed by atoms with Gasteiger partial charge in [-0.2, -0.15) is 0 Å². The maximum Gasteiger partial charge on any atom is 0.159 e. The van der Waals surface area contributed by atoms with E-state index in [9.17, 15) is 0 Å². The van der Waals surface area contributed by atoms with E-state index in [-0.39, 0.29) is 0 Å². The number of rotatable bonds is 6. The predicted octanol–water partition coefficient (Wildman–Crippen LogP) is 8.42. The van der Waals surface area contributed by atoms with Crippen molar-refractivity contribution < 1.29 is 9.15 Å². The van der Waals surface area contributed by atoms with Crippen molar-refractivity contribution in [2.24, 2.45) is 0 Å². The minimum absolute atomic E-state index is 0.733. The molecule has 0 spiro atoms. The van der Waals surface area contributed by atoms with E-state index in [1.807, 2.05) is 79.0 Å². The molecule has 0 unspecified atom stereocenters. The summed E-state index contributed by atoms with van der Waals surface area (Å²) in [6.45, 7) is 0.737. The molecule has 6 nitrogen and oxygen atoms in total. The van der Waals surface area contributed by atoms with Crippen LogP contribution >= 0.6 is 0 Å². The zero-order valence-corrected chi connectivity index (χ0v) is 21.4. The number of hydrogen-bond donors (Lipinski definition) is 0. The number of benzene rings is 4. The number of nitrogens with zero attached hydrogens (tertiary/aromatic N) is 4. The first kappa shape index (κ1) is 22.9. The molecule has 1 aliphatic heterocycles. The van der Waals surface area contributed by atoms with Crippen LogP contribution in [0.1, 0.15) is 0 Å². The molecule has 190 valence electrons. The van der Waals surface area contributed by atoms with E-state index >= 15 is 0 Å². The van der Waals surface area contributed by atoms with Gasteiger partial charge in [0.25, 0.3) is 0 Å². The van der Waals surface area contributed by atoms with Gasteiger partial charge in [0.1, 0.15) is 22.9 Å². The number of anilines is 4. The highest BCUT2D eigenvalue weighted by molar-refractivity contribution is 6.09. The summed E-state index contributed by atoms with van der Waals surface area (Å²) in [5, 5.41) is 2.09. The highest BCUT2D eigenvalue weighted by Gasteiger charge is 2.20. The quantitative estimate of drug-likeness (QED) is 0.224. The fraction of sp³-hybridized carbons (Fsp3) is 0.0606. The number of pyridine rings is 1. The number of hydrogen-bond acceptors (Lipinski definition) is 6. The molecule has 0 saturated heterocycles. The Labute approximate surface area is 226 Å². The molecule has 39 heavy (non-hydrogen) atoms. The van der Waals surface area contributed by atoms with Crippen molar-refractivity contribution in [1.82, 2.24) is 9.88 Å². The van der Waals surface area contributed by atoms with Gasteiger partial charge in [0.15, 0.2) is 5.58 Å². The Hall–Kier alpha value is -5.23. The first-order valence-electron chi connectivity index (χ1n) is 12.9. The predicted molar refractivity (Wildman–Crippen MR) is 157 cm³/mol. The van der Waals surface area contributed by atoms with E-state index in [2.05, 4.69) is 75.5 Å². The van der Waals surface area contributed by atoms with Gasteiger partial charge in [0.2, 0.25) is 0 Å². The van der Waals surface area contributed by atoms with E-state index in [1.165, 1.54) is 0 Å². The number of furan rings is 1. The molecule has 0 bridgehead atoms. The van der Waals surface area contributed by atoms with E-state index in [1.54, 1.807) is 0 Å². The third-order valence-corrected chi connectivity index (χ3v) is 6.82. The van der Waals surface area contributed by atoms with Crippen LogP contribution in [0.4, 0.5) is 22.9 Å². The Kier molecular flexibility index (Phi) is 5.63. The topological polar surface area (TPSA) is 45.0 Å². The van der Waals surface area contributed by atoms with Gasteiger partial charge in [-0.05, 0) is 48.5 Å². The monoisotopic (exact) mass is 510 g/mol. The van der Waals surface area contributed by atoms with Crippen LogP contribution in [0.25, 0.3) is 21.9 Å². The first-order valence-corrected chi connectivity index (χ1v) is 12.9. The van der Waals surface area contributed by atoms with Crippen LogP contribution in [-0.4, -0.2) is 23.6 Å². The second-order valence-corrected chi connectivity index (χ2v) is 9.54. The summed E-state index contributed by atoms with van der Waals surface area (Å²) in [6, 6.07) is 36.5. The molecule has 1 aliphatic rings. The van der Waals surface area contributed by atoms with E-state index in [0.29, 0.717) is 0 Å². The van der Waals surface area contributed by atoms with Gasteiger partial charge < -0.3 is 19.0 Å². The van der Waals surface area contributed by atoms with Crippen molar-refractivity contribution in [3.63, 3.8) is 0 Å². The minimum atomic E-state index is 0.733. The van der Waals surface area contributed by atoms with Gasteiger partial charge in [0.05, 0.1) is 18.0 Å². The molecule has 7 rings (SSSR count). The highest BCUT2D eigenvalue weighted by atomic mass is 16.5. The average Bonchev–Trinajstić information content (AvgIpc) is 3.58. The Morgan fingerprint density at radius 2 is 1.56 bits per heavy atom. The van der Waals surface area contributed by atoms with Crippen LogP contribution in [0.5, 0.6) is 11.5 Å². The zero-order valence-electron chi connectivity index (χ0n) is 21.4. The lowest BCUT2D eigenvalue weighted by Gasteiger charge is -2.24. The minimum Gasteiger partial charge on any atom is -0.457 e. The second kappa shape index (κ2) is 9.58. The molecule has 0 N–H and O–H groups in total. The van der Waals surface area contributed by atoms with Crippen molar-refractivity contribution in [2.75, 3.05) is 23.5 Å². The molecule has 4 aromatic carbocycles. The van der Waals surface area contributed by atoms with Crippen LogP contribution in [-0.2, 0) is 0 Å². The summed E-state index contributed by atoms with van der Waals surface area (Å²) in [6.07, 6.45) is 5.93. The molecule has 0 amide bonds. The van der Waals surface area contributed by atoms with Crippen molar-refractivity contribution in [3.8, 4) is 11.5 Å². The van der Waals surface area contributed by atoms with Crippen molar-refractivity contribution in [3.05, 3.63) is 128 Å². The van der Waals surface area contributed by atoms with Crippen LogP contribution in [0.15, 0.2) is 132 Å². The van der Waals surface area contributed by atoms with E-state index in [4.69, 9.17) is 9.15 Å². The van der Waals surface area contributed by atoms with Gasteiger partial charge >= 0.3 is 0 Å². The Bertz CT molecular complexity index is 1760. The molecule has 0 saturated carbocycles. The molecule has 0 aliphatic carbocycles. The molecule has 3 heterocycles. The molecule has 0 atom stereocenters. The maximum absolute atomic E-state index is 6.54. The lowest BCUT2D eigenvalue weighted by atomic mass is 10.1. The van der Waals surface area contributed by atoms with E-state index in [0.717, 1.165) is 63.0 Å². The fourth-order valence-electron chi connectivity index (χ4n) is 5.04. The lowest BCUT2D eigenvalue weighted by Crippen LogP contribution is -2.21. The molecule has 6 aromatic rings. The number of aromatic nitrogens is 1. The third kappa shape index (κ3) is 4.32. The number of ether oxygens (including phenoxy) is 1. The summed E-state index contributed by atoms with van der Waals surface area (Å²) in [7, 11) is 2.05. The lowest BCUT2D eigenvalue weighted by molar-refractivity contribution is 0.481. The first-order chi connectivity index (χ1) is 19.2. The van der Waals surface area contributed by atoms with Crippen molar-refractivity contribution in [2.45, 2.75) is 0 Å². The highest BCUT2D eigenvalue weighted by Crippen LogP contribution is 2.41. The van der Waals surface area contributed by atoms with Gasteiger partial charge in [0, 0.05) is 54.2 Å². The summed E-state index contributed by atoms with van der Waals surface area (Å²) in [5.74, 6) is 2.31. The molecular weight excluding hydrogens is 484 g/mol. The SMILES string of the molecule is CN1C=CN(c2cc(Oc3cccc(N(c4ccccc4)c4ccccn4)c3)cc3c2oc2ccccc23)C1. The number of fused-ring (bicyclic) bond motifs is 3. The standard InChI is InChI=1S/C33H26N4O2/c1-35-18-19-36(23-35)30-22-27(21-29-28-14-5-6-15-31(28)39-33(29)30)38-26-13-9-12-25(20-26)37(24-10-3-2-4-11-24)32-16-7-8-17-34-32/h2-22H,23H2,1H3. The third-order valence-electron chi connectivity index (χ3n) is 6.82. The average molecular weight is 511 g/mol. The maximum atomic E-state index is 6.54. The van der Waals surface area contributed by atoms with Gasteiger partial charge in [-0.15, -0.1) is 0 Å². The van der Waals surface area contributed by atoms with Gasteiger partial charge in [-0.3, -0.25) is 4.90 Å². The van der Waals surface area contributed by atoms with Crippen molar-refractivity contribution >= 4 is 44.8 Å². The zero-order chi connectivity index (χ0) is 26.2. The molecule has 2 aromatic heterocycles. The van der Waals surface area contributed by atoms with Crippen LogP contribution in [0.2, 0.25) is 0 Å². The Morgan fingerprint density at radius 1 is 0.744 bits per heavy atom. The number of para-hydroxylation sites is 2. The summed E-state index contributed by atoms with van der Waals surface area (Å²) in [5.41, 5.74) is 4.65. The molecular formula is C33H26N4O2. The normalized spacial score (nSPS) is 12.9. The van der Waals surface area contributed by atoms with Crippen LogP contribution < -0.4 is 14.5 Å². The molecule has 6 heteroatoms. The Morgan fingerprint density at radius 3 is 2.38 bits per heavy atom. The summed E-state index contributed by atoms with van der Waals surface area (Å²) < 4.78 is 12.9. The fourth-order valence-corrected chi connectivity index (χ4v) is 5.04. The largest absolute Gasteiger partial charge is 0.457 e. The van der Waals surface area contributed by atoms with Gasteiger partial charge in [-0.1, -0.05) is 48.5 Å².